The number of rotatable bonds is 11. The summed E-state index contributed by atoms with van der Waals surface area (Å²) in [5.74, 6) is -1.70. The van der Waals surface area contributed by atoms with Crippen molar-refractivity contribution >= 4 is 29.8 Å². The number of hydrogen-bond donors (Lipinski definition) is 4. The van der Waals surface area contributed by atoms with Gasteiger partial charge in [-0.15, -0.1) is 0 Å². The van der Waals surface area contributed by atoms with Gasteiger partial charge in [0, 0.05) is 6.04 Å². The van der Waals surface area contributed by atoms with Gasteiger partial charge in [0.05, 0.1) is 11.6 Å². The first-order valence-corrected chi connectivity index (χ1v) is 14.2. The first-order valence-electron chi connectivity index (χ1n) is 14.2. The molecule has 4 N–H and O–H groups in total. The number of carbonyl (C=O) groups excluding carboxylic acids is 4. The van der Waals surface area contributed by atoms with E-state index in [0.717, 1.165) is 5.56 Å². The zero-order valence-electron chi connectivity index (χ0n) is 26.3. The van der Waals surface area contributed by atoms with Crippen LogP contribution in [0.2, 0.25) is 0 Å². The number of amides is 3. The minimum Gasteiger partial charge on any atom is -0.506 e. The third-order valence-electron chi connectivity index (χ3n) is 5.91. The van der Waals surface area contributed by atoms with Gasteiger partial charge in [0.15, 0.2) is 0 Å². The second kappa shape index (κ2) is 15.3. The van der Waals surface area contributed by atoms with Crippen molar-refractivity contribution in [3.8, 4) is 5.75 Å². The third-order valence-corrected chi connectivity index (χ3v) is 5.91. The number of alkyl carbamates (subject to hydrolysis) is 2. The summed E-state index contributed by atoms with van der Waals surface area (Å²) in [6.45, 7) is 13.8. The Morgan fingerprint density at radius 1 is 0.814 bits per heavy atom. The third kappa shape index (κ3) is 13.5. The highest BCUT2D eigenvalue weighted by molar-refractivity contribution is 5.97. The van der Waals surface area contributed by atoms with Gasteiger partial charge in [-0.2, -0.15) is 0 Å². The predicted molar refractivity (Wildman–Crippen MR) is 162 cm³/mol. The molecule has 0 aliphatic rings. The molecule has 2 rings (SSSR count). The van der Waals surface area contributed by atoms with Crippen molar-refractivity contribution in [3.63, 3.8) is 0 Å². The topological polar surface area (TPSA) is 152 Å². The van der Waals surface area contributed by atoms with Gasteiger partial charge in [-0.25, -0.2) is 9.59 Å². The number of esters is 1. The van der Waals surface area contributed by atoms with Crippen LogP contribution in [-0.4, -0.2) is 52.5 Å². The van der Waals surface area contributed by atoms with Crippen LogP contribution in [-0.2, 0) is 36.8 Å². The average Bonchev–Trinajstić information content (AvgIpc) is 2.87. The molecule has 11 nitrogen and oxygen atoms in total. The molecule has 0 fully saturated rings. The van der Waals surface area contributed by atoms with E-state index in [0.29, 0.717) is 5.56 Å². The lowest BCUT2D eigenvalue weighted by Gasteiger charge is -2.27. The van der Waals surface area contributed by atoms with E-state index in [1.807, 2.05) is 30.3 Å². The fraction of sp³-hybridized carbons (Fsp3) is 0.500. The molecule has 0 saturated carbocycles. The molecule has 0 aliphatic heterocycles. The summed E-state index contributed by atoms with van der Waals surface area (Å²) in [7, 11) is 0. The first kappa shape index (κ1) is 34.9. The maximum Gasteiger partial charge on any atom is 0.408 e. The lowest BCUT2D eigenvalue weighted by Crippen LogP contribution is -2.42. The quantitative estimate of drug-likeness (QED) is 0.151. The van der Waals surface area contributed by atoms with Gasteiger partial charge >= 0.3 is 18.2 Å². The van der Waals surface area contributed by atoms with Crippen molar-refractivity contribution < 1.29 is 38.5 Å². The van der Waals surface area contributed by atoms with Crippen LogP contribution in [0.1, 0.15) is 72.9 Å². The Balaban J connectivity index is 2.09. The summed E-state index contributed by atoms with van der Waals surface area (Å²) >= 11 is 0. The second-order valence-corrected chi connectivity index (χ2v) is 12.5. The number of anilines is 1. The van der Waals surface area contributed by atoms with Crippen LogP contribution in [0, 0.1) is 5.92 Å². The maximum absolute atomic E-state index is 12.8. The summed E-state index contributed by atoms with van der Waals surface area (Å²) in [6.07, 6.45) is -0.891. The molecular formula is C32H45N3O8. The molecule has 2 aromatic carbocycles. The number of ether oxygens (including phenoxy) is 3. The van der Waals surface area contributed by atoms with Crippen LogP contribution >= 0.6 is 0 Å². The molecular weight excluding hydrogens is 554 g/mol. The fourth-order valence-corrected chi connectivity index (χ4v) is 3.94. The van der Waals surface area contributed by atoms with Gasteiger partial charge in [0.1, 0.15) is 29.6 Å². The number of phenols is 1. The fourth-order valence-electron chi connectivity index (χ4n) is 3.94. The van der Waals surface area contributed by atoms with E-state index < -0.39 is 53.3 Å². The largest absolute Gasteiger partial charge is 0.506 e. The van der Waals surface area contributed by atoms with Gasteiger partial charge < -0.3 is 35.3 Å². The Bertz CT molecular complexity index is 1250. The maximum atomic E-state index is 12.8. The monoisotopic (exact) mass is 599 g/mol. The highest BCUT2D eigenvalue weighted by Gasteiger charge is 2.27. The highest BCUT2D eigenvalue weighted by Crippen LogP contribution is 2.26. The minimum absolute atomic E-state index is 0.0505. The second-order valence-electron chi connectivity index (χ2n) is 12.5. The highest BCUT2D eigenvalue weighted by atomic mass is 16.6. The van der Waals surface area contributed by atoms with Crippen molar-refractivity contribution in [2.45, 2.75) is 98.1 Å². The molecule has 3 unspecified atom stereocenters. The van der Waals surface area contributed by atoms with Crippen LogP contribution in [0.25, 0.3) is 0 Å². The summed E-state index contributed by atoms with van der Waals surface area (Å²) < 4.78 is 16.1. The van der Waals surface area contributed by atoms with Crippen LogP contribution in [0.15, 0.2) is 48.5 Å². The summed E-state index contributed by atoms with van der Waals surface area (Å²) in [4.78, 5) is 50.2. The molecule has 0 bridgehead atoms. The van der Waals surface area contributed by atoms with E-state index in [9.17, 15) is 24.3 Å². The van der Waals surface area contributed by atoms with E-state index >= 15 is 0 Å². The zero-order chi connectivity index (χ0) is 32.4. The Morgan fingerprint density at radius 2 is 1.44 bits per heavy atom. The van der Waals surface area contributed by atoms with E-state index in [1.54, 1.807) is 60.6 Å². The van der Waals surface area contributed by atoms with Gasteiger partial charge in [0.2, 0.25) is 5.91 Å². The number of benzene rings is 2. The lowest BCUT2D eigenvalue weighted by atomic mass is 9.95. The van der Waals surface area contributed by atoms with E-state index in [2.05, 4.69) is 16.0 Å². The molecule has 3 amide bonds. The average molecular weight is 600 g/mol. The van der Waals surface area contributed by atoms with Gasteiger partial charge in [-0.3, -0.25) is 9.59 Å². The molecule has 11 heteroatoms. The lowest BCUT2D eigenvalue weighted by molar-refractivity contribution is -0.159. The number of nitrogens with one attached hydrogen (secondary N) is 3. The Labute approximate surface area is 253 Å². The SMILES string of the molecule is CC(CC(Cc1ccc(O)c(NC(=O)C(C)NC(=O)OCc2ccccc2)c1)NC(=O)OC(C)(C)C)C(=O)OC(C)(C)C. The number of hydrogen-bond acceptors (Lipinski definition) is 8. The standard InChI is InChI=1S/C32H45N3O8/c1-20(28(38)42-31(3,4)5)16-24(34-30(40)43-32(6,7)8)17-23-14-15-26(36)25(18-23)35-27(37)21(2)33-29(39)41-19-22-12-10-9-11-13-22/h9-15,18,20-21,24,36H,16-17,19H2,1-8H3,(H,33,39)(H,34,40)(H,35,37). The van der Waals surface area contributed by atoms with E-state index in [4.69, 9.17) is 14.2 Å². The van der Waals surface area contributed by atoms with Crippen molar-refractivity contribution in [1.29, 1.82) is 0 Å². The van der Waals surface area contributed by atoms with E-state index in [-0.39, 0.29) is 30.9 Å². The van der Waals surface area contributed by atoms with Crippen molar-refractivity contribution in [2.75, 3.05) is 5.32 Å². The Kier molecular flexibility index (Phi) is 12.4. The van der Waals surface area contributed by atoms with Gasteiger partial charge in [-0.05, 0) is 84.6 Å². The van der Waals surface area contributed by atoms with Crippen molar-refractivity contribution in [3.05, 3.63) is 59.7 Å². The normalized spacial score (nSPS) is 13.6. The minimum atomic E-state index is -0.970. The number of aromatic hydroxyl groups is 1. The summed E-state index contributed by atoms with van der Waals surface area (Å²) in [5, 5.41) is 18.3. The molecule has 0 aliphatic carbocycles. The molecule has 2 aromatic rings. The molecule has 43 heavy (non-hydrogen) atoms. The van der Waals surface area contributed by atoms with Crippen LogP contribution in [0.4, 0.5) is 15.3 Å². The molecule has 0 spiro atoms. The molecule has 0 aromatic heterocycles. The van der Waals surface area contributed by atoms with Crippen molar-refractivity contribution in [1.82, 2.24) is 10.6 Å². The van der Waals surface area contributed by atoms with Gasteiger partial charge in [-0.1, -0.05) is 43.3 Å². The molecule has 0 radical (unpaired) electrons. The number of phenolic OH excluding ortho intramolecular Hbond substituents is 1. The first-order chi connectivity index (χ1) is 19.9. The summed E-state index contributed by atoms with van der Waals surface area (Å²) in [6, 6.07) is 12.2. The van der Waals surface area contributed by atoms with Crippen LogP contribution in [0.5, 0.6) is 5.75 Å². The van der Waals surface area contributed by atoms with Gasteiger partial charge in [0.25, 0.3) is 0 Å². The molecule has 0 saturated heterocycles. The molecule has 236 valence electrons. The Hall–Kier alpha value is -4.28. The predicted octanol–water partition coefficient (Wildman–Crippen LogP) is 5.45. The summed E-state index contributed by atoms with van der Waals surface area (Å²) in [5.41, 5.74) is 0.198. The van der Waals surface area contributed by atoms with Crippen LogP contribution < -0.4 is 16.0 Å². The smallest absolute Gasteiger partial charge is 0.408 e. The number of carbonyl (C=O) groups is 4. The van der Waals surface area contributed by atoms with Crippen LogP contribution in [0.3, 0.4) is 0 Å². The van der Waals surface area contributed by atoms with Crippen molar-refractivity contribution in [2.24, 2.45) is 5.92 Å². The molecule has 3 atom stereocenters. The zero-order valence-corrected chi connectivity index (χ0v) is 26.3. The Morgan fingerprint density at radius 3 is 2.05 bits per heavy atom. The van der Waals surface area contributed by atoms with E-state index in [1.165, 1.54) is 13.0 Å². The molecule has 0 heterocycles.